The normalized spacial score (nSPS) is 13.9. The number of hydrogen-bond donors (Lipinski definition) is 3. The Morgan fingerprint density at radius 2 is 2.17 bits per heavy atom. The highest BCUT2D eigenvalue weighted by Crippen LogP contribution is 2.28. The third-order valence-corrected chi connectivity index (χ3v) is 2.74. The van der Waals surface area contributed by atoms with Crippen molar-refractivity contribution < 1.29 is 14.6 Å². The van der Waals surface area contributed by atoms with Crippen molar-refractivity contribution >= 4 is 5.91 Å². The molecule has 1 aromatic rings. The van der Waals surface area contributed by atoms with Crippen LogP contribution in [-0.2, 0) is 4.79 Å². The number of aromatic hydroxyl groups is 1. The first-order valence-electron chi connectivity index (χ1n) is 5.85. The van der Waals surface area contributed by atoms with Gasteiger partial charge in [-0.2, -0.15) is 0 Å². The molecule has 2 unspecified atom stereocenters. The molecule has 0 saturated carbocycles. The Hall–Kier alpha value is -1.75. The number of nitrogens with one attached hydrogen (secondary N) is 1. The molecule has 18 heavy (non-hydrogen) atoms. The first-order valence-corrected chi connectivity index (χ1v) is 5.85. The Morgan fingerprint density at radius 1 is 1.50 bits per heavy atom. The number of ether oxygens (including phenoxy) is 1. The molecule has 1 rings (SSSR count). The Morgan fingerprint density at radius 3 is 2.72 bits per heavy atom. The highest BCUT2D eigenvalue weighted by molar-refractivity contribution is 5.74. The van der Waals surface area contributed by atoms with Gasteiger partial charge in [-0.25, -0.2) is 0 Å². The predicted octanol–water partition coefficient (Wildman–Crippen LogP) is 1.32. The monoisotopic (exact) mass is 252 g/mol. The highest BCUT2D eigenvalue weighted by atomic mass is 16.5. The van der Waals surface area contributed by atoms with Crippen LogP contribution in [0.15, 0.2) is 18.2 Å². The molecule has 4 N–H and O–H groups in total. The summed E-state index contributed by atoms with van der Waals surface area (Å²) < 4.78 is 5.12. The van der Waals surface area contributed by atoms with E-state index >= 15 is 0 Å². The van der Waals surface area contributed by atoms with E-state index < -0.39 is 0 Å². The second-order valence-electron chi connectivity index (χ2n) is 4.38. The Bertz CT molecular complexity index is 421. The summed E-state index contributed by atoms with van der Waals surface area (Å²) in [6.07, 6.45) is 0.259. The summed E-state index contributed by atoms with van der Waals surface area (Å²) in [6, 6.07) is 4.89. The van der Waals surface area contributed by atoms with Gasteiger partial charge >= 0.3 is 0 Å². The van der Waals surface area contributed by atoms with Gasteiger partial charge in [0.25, 0.3) is 0 Å². The molecule has 0 bridgehead atoms. The summed E-state index contributed by atoms with van der Waals surface area (Å²) in [5.74, 6) is 0.526. The van der Waals surface area contributed by atoms with Gasteiger partial charge in [-0.3, -0.25) is 4.79 Å². The van der Waals surface area contributed by atoms with Gasteiger partial charge in [0.1, 0.15) is 11.5 Å². The number of methoxy groups -OCH3 is 1. The lowest BCUT2D eigenvalue weighted by atomic mass is 10.1. The molecule has 5 nitrogen and oxygen atoms in total. The number of phenolic OH excluding ortho intramolecular Hbond substituents is 1. The second-order valence-corrected chi connectivity index (χ2v) is 4.38. The Kier molecular flexibility index (Phi) is 4.97. The summed E-state index contributed by atoms with van der Waals surface area (Å²) in [5, 5.41) is 13.0. The van der Waals surface area contributed by atoms with Gasteiger partial charge < -0.3 is 20.9 Å². The van der Waals surface area contributed by atoms with Gasteiger partial charge in [0, 0.05) is 24.1 Å². The van der Waals surface area contributed by atoms with Crippen molar-refractivity contribution in [1.29, 1.82) is 0 Å². The molecule has 1 amide bonds. The molecule has 100 valence electrons. The maximum absolute atomic E-state index is 10.8. The van der Waals surface area contributed by atoms with Crippen molar-refractivity contribution in [2.45, 2.75) is 32.4 Å². The molecule has 0 aliphatic rings. The summed E-state index contributed by atoms with van der Waals surface area (Å²) in [5.41, 5.74) is 5.86. The molecular weight excluding hydrogens is 232 g/mol. The zero-order chi connectivity index (χ0) is 13.7. The number of rotatable bonds is 6. The van der Waals surface area contributed by atoms with Crippen molar-refractivity contribution in [3.05, 3.63) is 23.8 Å². The van der Waals surface area contributed by atoms with Crippen LogP contribution in [0.5, 0.6) is 11.5 Å². The van der Waals surface area contributed by atoms with Gasteiger partial charge in [-0.05, 0) is 32.0 Å². The van der Waals surface area contributed by atoms with E-state index in [0.29, 0.717) is 5.75 Å². The van der Waals surface area contributed by atoms with E-state index in [2.05, 4.69) is 5.32 Å². The van der Waals surface area contributed by atoms with Crippen molar-refractivity contribution in [1.82, 2.24) is 5.32 Å². The molecule has 0 radical (unpaired) electrons. The minimum atomic E-state index is -0.350. The third-order valence-electron chi connectivity index (χ3n) is 2.74. The topological polar surface area (TPSA) is 84.6 Å². The van der Waals surface area contributed by atoms with E-state index in [0.717, 1.165) is 5.56 Å². The van der Waals surface area contributed by atoms with Crippen LogP contribution in [0.4, 0.5) is 0 Å². The number of nitrogens with two attached hydrogens (primary N) is 1. The predicted molar refractivity (Wildman–Crippen MR) is 69.5 cm³/mol. The van der Waals surface area contributed by atoms with Crippen LogP contribution in [-0.4, -0.2) is 24.2 Å². The molecule has 0 aliphatic carbocycles. The summed E-state index contributed by atoms with van der Waals surface area (Å²) in [7, 11) is 1.57. The van der Waals surface area contributed by atoms with Crippen molar-refractivity contribution in [3.8, 4) is 11.5 Å². The first kappa shape index (κ1) is 14.3. The maximum atomic E-state index is 10.8. The van der Waals surface area contributed by atoms with Gasteiger partial charge in [0.2, 0.25) is 5.91 Å². The van der Waals surface area contributed by atoms with Crippen LogP contribution in [0.2, 0.25) is 0 Å². The van der Waals surface area contributed by atoms with E-state index in [-0.39, 0.29) is 30.2 Å². The van der Waals surface area contributed by atoms with Crippen LogP contribution >= 0.6 is 0 Å². The number of hydrogen-bond acceptors (Lipinski definition) is 4. The Labute approximate surface area is 107 Å². The Balaban J connectivity index is 2.76. The number of primary amides is 1. The van der Waals surface area contributed by atoms with E-state index in [4.69, 9.17) is 10.5 Å². The summed E-state index contributed by atoms with van der Waals surface area (Å²) in [6.45, 7) is 3.78. The fourth-order valence-electron chi connectivity index (χ4n) is 1.88. The molecule has 5 heteroatoms. The van der Waals surface area contributed by atoms with Gasteiger partial charge in [-0.15, -0.1) is 0 Å². The minimum absolute atomic E-state index is 0.0527. The van der Waals surface area contributed by atoms with Gasteiger partial charge in [-0.1, -0.05) is 0 Å². The molecule has 0 fully saturated rings. The molecule has 0 heterocycles. The quantitative estimate of drug-likeness (QED) is 0.712. The SMILES string of the molecule is COc1ccc(O)c(C(C)NC(C)CC(N)=O)c1. The average Bonchev–Trinajstić information content (AvgIpc) is 2.28. The van der Waals surface area contributed by atoms with Crippen LogP contribution in [0.1, 0.15) is 31.9 Å². The first-order chi connectivity index (χ1) is 8.43. The van der Waals surface area contributed by atoms with E-state index in [1.165, 1.54) is 0 Å². The second kappa shape index (κ2) is 6.26. The van der Waals surface area contributed by atoms with Crippen LogP contribution in [0, 0.1) is 0 Å². The van der Waals surface area contributed by atoms with Gasteiger partial charge in [0.05, 0.1) is 7.11 Å². The third kappa shape index (κ3) is 3.92. The number of carbonyl (C=O) groups is 1. The summed E-state index contributed by atoms with van der Waals surface area (Å²) >= 11 is 0. The molecular formula is C13H20N2O3. The summed E-state index contributed by atoms with van der Waals surface area (Å²) in [4.78, 5) is 10.8. The van der Waals surface area contributed by atoms with Crippen molar-refractivity contribution in [2.75, 3.05) is 7.11 Å². The standard InChI is InChI=1S/C13H20N2O3/c1-8(6-13(14)17)15-9(2)11-7-10(18-3)4-5-12(11)16/h4-5,7-9,15-16H,6H2,1-3H3,(H2,14,17). The molecule has 0 saturated heterocycles. The fourth-order valence-corrected chi connectivity index (χ4v) is 1.88. The number of amides is 1. The van der Waals surface area contributed by atoms with Crippen molar-refractivity contribution in [3.63, 3.8) is 0 Å². The van der Waals surface area contributed by atoms with Gasteiger partial charge in [0.15, 0.2) is 0 Å². The number of phenols is 1. The lowest BCUT2D eigenvalue weighted by Crippen LogP contribution is -2.32. The van der Waals surface area contributed by atoms with E-state index in [1.807, 2.05) is 13.8 Å². The molecule has 2 atom stereocenters. The molecule has 0 aliphatic heterocycles. The van der Waals surface area contributed by atoms with Crippen LogP contribution in [0.25, 0.3) is 0 Å². The van der Waals surface area contributed by atoms with E-state index in [9.17, 15) is 9.90 Å². The zero-order valence-electron chi connectivity index (χ0n) is 10.9. The highest BCUT2D eigenvalue weighted by Gasteiger charge is 2.15. The molecule has 0 aromatic heterocycles. The molecule has 0 spiro atoms. The lowest BCUT2D eigenvalue weighted by molar-refractivity contribution is -0.118. The fraction of sp³-hybridized carbons (Fsp3) is 0.462. The minimum Gasteiger partial charge on any atom is -0.508 e. The maximum Gasteiger partial charge on any atom is 0.218 e. The number of benzene rings is 1. The van der Waals surface area contributed by atoms with Crippen molar-refractivity contribution in [2.24, 2.45) is 5.73 Å². The zero-order valence-corrected chi connectivity index (χ0v) is 10.9. The largest absolute Gasteiger partial charge is 0.508 e. The lowest BCUT2D eigenvalue weighted by Gasteiger charge is -2.20. The average molecular weight is 252 g/mol. The van der Waals surface area contributed by atoms with Crippen LogP contribution < -0.4 is 15.8 Å². The van der Waals surface area contributed by atoms with Crippen LogP contribution in [0.3, 0.4) is 0 Å². The smallest absolute Gasteiger partial charge is 0.218 e. The number of carbonyl (C=O) groups excluding carboxylic acids is 1. The van der Waals surface area contributed by atoms with E-state index in [1.54, 1.807) is 25.3 Å². The molecule has 1 aromatic carbocycles.